The molecule has 2 aromatic carbocycles. The lowest BCUT2D eigenvalue weighted by atomic mass is 10.1. The van der Waals surface area contributed by atoms with Crippen LogP contribution >= 0.6 is 0 Å². The van der Waals surface area contributed by atoms with E-state index >= 15 is 0 Å². The van der Waals surface area contributed by atoms with Crippen LogP contribution in [0.1, 0.15) is 12.8 Å². The van der Waals surface area contributed by atoms with Crippen molar-refractivity contribution in [1.82, 2.24) is 4.31 Å². The highest BCUT2D eigenvalue weighted by Crippen LogP contribution is 2.38. The number of fused-ring (bicyclic) bond motifs is 1. The molecule has 10 heteroatoms. The molecule has 0 amide bonds. The van der Waals surface area contributed by atoms with Crippen LogP contribution in [-0.2, 0) is 33.9 Å². The average Bonchev–Trinajstić information content (AvgIpc) is 3.04. The summed E-state index contributed by atoms with van der Waals surface area (Å²) in [6, 6.07) is 11.8. The normalized spacial score (nSPS) is 21.4. The van der Waals surface area contributed by atoms with Gasteiger partial charge in [0.1, 0.15) is 0 Å². The summed E-state index contributed by atoms with van der Waals surface area (Å²) >= 11 is 0. The summed E-state index contributed by atoms with van der Waals surface area (Å²) in [6.45, 7) is -0.0697. The molecule has 1 aliphatic heterocycles. The maximum absolute atomic E-state index is 13.2. The predicted molar refractivity (Wildman–Crippen MR) is 97.7 cm³/mol. The molecule has 2 aromatic rings. The zero-order valence-electron chi connectivity index (χ0n) is 14.8. The van der Waals surface area contributed by atoms with Crippen LogP contribution in [-0.4, -0.2) is 52.7 Å². The van der Waals surface area contributed by atoms with E-state index in [4.69, 9.17) is 4.18 Å². The van der Waals surface area contributed by atoms with Gasteiger partial charge in [0.15, 0.2) is 0 Å². The zero-order chi connectivity index (χ0) is 19.9. The number of sulfonamides is 1. The van der Waals surface area contributed by atoms with Crippen molar-refractivity contribution in [3.05, 3.63) is 42.5 Å². The van der Waals surface area contributed by atoms with Gasteiger partial charge in [0, 0.05) is 13.0 Å². The van der Waals surface area contributed by atoms with Crippen molar-refractivity contribution in [3.8, 4) is 0 Å². The Bertz CT molecular complexity index is 1100. The minimum atomic E-state index is -4.22. The molecule has 0 N–H and O–H groups in total. The lowest BCUT2D eigenvalue weighted by Crippen LogP contribution is -2.56. The maximum atomic E-state index is 13.2. The third-order valence-electron chi connectivity index (χ3n) is 4.38. The first kappa shape index (κ1) is 19.7. The van der Waals surface area contributed by atoms with Gasteiger partial charge in [-0.15, -0.1) is 0 Å². The highest BCUT2D eigenvalue weighted by molar-refractivity contribution is 7.89. The van der Waals surface area contributed by atoms with Crippen molar-refractivity contribution < 1.29 is 30.6 Å². The van der Waals surface area contributed by atoms with Gasteiger partial charge >= 0.3 is 5.97 Å². The Morgan fingerprint density at radius 1 is 1.07 bits per heavy atom. The number of benzene rings is 2. The van der Waals surface area contributed by atoms with Gasteiger partial charge in [0.2, 0.25) is 10.0 Å². The summed E-state index contributed by atoms with van der Waals surface area (Å²) in [5.74, 6) is -1.07. The highest BCUT2D eigenvalue weighted by Gasteiger charge is 2.57. The van der Waals surface area contributed by atoms with E-state index in [1.807, 2.05) is 12.1 Å². The number of hydrogen-bond donors (Lipinski definition) is 0. The van der Waals surface area contributed by atoms with Crippen LogP contribution in [0.5, 0.6) is 0 Å². The van der Waals surface area contributed by atoms with Crippen molar-refractivity contribution in [1.29, 1.82) is 0 Å². The summed E-state index contributed by atoms with van der Waals surface area (Å²) in [5, 5.41) is 1.55. The standard InChI is InChI=1S/C17H19NO7S2/c1-24-16(19)17(25-26(2,20)21)10-5-11-18(17)27(22,23)15-9-8-13-6-3-4-7-14(13)12-15/h3-4,6-9,12H,5,10-11H2,1-2H3. The van der Waals surface area contributed by atoms with Crippen molar-refractivity contribution in [2.24, 2.45) is 0 Å². The molecule has 146 valence electrons. The lowest BCUT2D eigenvalue weighted by molar-refractivity contribution is -0.167. The van der Waals surface area contributed by atoms with Gasteiger partial charge in [-0.25, -0.2) is 17.4 Å². The molecule has 8 nitrogen and oxygen atoms in total. The Morgan fingerprint density at radius 3 is 2.37 bits per heavy atom. The van der Waals surface area contributed by atoms with Gasteiger partial charge in [-0.05, 0) is 29.3 Å². The third kappa shape index (κ3) is 3.57. The largest absolute Gasteiger partial charge is 0.466 e. The molecule has 1 unspecified atom stereocenters. The first-order chi connectivity index (χ1) is 12.6. The number of rotatable bonds is 5. The molecular formula is C17H19NO7S2. The van der Waals surface area contributed by atoms with Crippen LogP contribution in [0.25, 0.3) is 10.8 Å². The first-order valence-corrected chi connectivity index (χ1v) is 11.4. The number of esters is 1. The second-order valence-electron chi connectivity index (χ2n) is 6.25. The lowest BCUT2D eigenvalue weighted by Gasteiger charge is -2.33. The van der Waals surface area contributed by atoms with E-state index in [-0.39, 0.29) is 24.3 Å². The van der Waals surface area contributed by atoms with E-state index in [0.29, 0.717) is 5.39 Å². The van der Waals surface area contributed by atoms with Crippen LogP contribution in [0.2, 0.25) is 0 Å². The van der Waals surface area contributed by atoms with Crippen LogP contribution in [0.3, 0.4) is 0 Å². The van der Waals surface area contributed by atoms with Crippen molar-refractivity contribution in [2.75, 3.05) is 19.9 Å². The molecule has 1 heterocycles. The topological polar surface area (TPSA) is 107 Å². The molecule has 0 radical (unpaired) electrons. The second-order valence-corrected chi connectivity index (χ2v) is 9.69. The Labute approximate surface area is 157 Å². The summed E-state index contributed by atoms with van der Waals surface area (Å²) < 4.78 is 60.4. The van der Waals surface area contributed by atoms with Crippen LogP contribution in [0, 0.1) is 0 Å². The third-order valence-corrected chi connectivity index (χ3v) is 6.87. The molecule has 1 atom stereocenters. The van der Waals surface area contributed by atoms with E-state index in [9.17, 15) is 21.6 Å². The fraction of sp³-hybridized carbons (Fsp3) is 0.353. The first-order valence-electron chi connectivity index (χ1n) is 8.11. The maximum Gasteiger partial charge on any atom is 0.356 e. The van der Waals surface area contributed by atoms with Gasteiger partial charge in [-0.3, -0.25) is 0 Å². The van der Waals surface area contributed by atoms with Crippen molar-refractivity contribution in [2.45, 2.75) is 23.5 Å². The molecule has 1 fully saturated rings. The van der Waals surface area contributed by atoms with Crippen LogP contribution in [0.15, 0.2) is 47.4 Å². The molecule has 1 saturated heterocycles. The van der Waals surface area contributed by atoms with Crippen LogP contribution in [0.4, 0.5) is 0 Å². The number of carbonyl (C=O) groups excluding carboxylic acids is 1. The molecule has 0 bridgehead atoms. The van der Waals surface area contributed by atoms with Crippen LogP contribution < -0.4 is 0 Å². The zero-order valence-corrected chi connectivity index (χ0v) is 16.4. The summed E-state index contributed by atoms with van der Waals surface area (Å²) in [4.78, 5) is 12.3. The van der Waals surface area contributed by atoms with E-state index in [2.05, 4.69) is 4.74 Å². The summed E-state index contributed by atoms with van der Waals surface area (Å²) in [5.41, 5.74) is -2.24. The number of methoxy groups -OCH3 is 1. The summed E-state index contributed by atoms with van der Waals surface area (Å²) in [6.07, 6.45) is 0.883. The smallest absolute Gasteiger partial charge is 0.356 e. The summed E-state index contributed by atoms with van der Waals surface area (Å²) in [7, 11) is -7.31. The minimum Gasteiger partial charge on any atom is -0.466 e. The van der Waals surface area contributed by atoms with E-state index in [1.165, 1.54) is 12.1 Å². The Hall–Kier alpha value is -2.01. The van der Waals surface area contributed by atoms with Gasteiger partial charge in [-0.1, -0.05) is 30.3 Å². The van der Waals surface area contributed by atoms with E-state index in [1.54, 1.807) is 18.2 Å². The predicted octanol–water partition coefficient (Wildman–Crippen LogP) is 1.47. The number of hydrogen-bond acceptors (Lipinski definition) is 7. The number of nitrogens with zero attached hydrogens (tertiary/aromatic N) is 1. The number of carbonyl (C=O) groups is 1. The molecule has 3 rings (SSSR count). The van der Waals surface area contributed by atoms with Gasteiger partial charge < -0.3 is 4.74 Å². The van der Waals surface area contributed by atoms with Crippen molar-refractivity contribution in [3.63, 3.8) is 0 Å². The van der Waals surface area contributed by atoms with Gasteiger partial charge in [0.05, 0.1) is 18.3 Å². The van der Waals surface area contributed by atoms with E-state index < -0.39 is 31.8 Å². The minimum absolute atomic E-state index is 0.0616. The Balaban J connectivity index is 2.13. The van der Waals surface area contributed by atoms with Crippen molar-refractivity contribution >= 4 is 36.9 Å². The molecular weight excluding hydrogens is 394 g/mol. The fourth-order valence-corrected chi connectivity index (χ4v) is 5.79. The molecule has 0 aliphatic carbocycles. The molecule has 0 spiro atoms. The average molecular weight is 413 g/mol. The fourth-order valence-electron chi connectivity index (χ4n) is 3.27. The Morgan fingerprint density at radius 2 is 1.74 bits per heavy atom. The SMILES string of the molecule is COC(=O)C1(OS(C)(=O)=O)CCCN1S(=O)(=O)c1ccc2ccccc2c1. The Kier molecular flexibility index (Phi) is 5.02. The molecule has 1 aliphatic rings. The van der Waals surface area contributed by atoms with Gasteiger partial charge in [-0.2, -0.15) is 12.7 Å². The molecule has 0 aromatic heterocycles. The molecule has 27 heavy (non-hydrogen) atoms. The van der Waals surface area contributed by atoms with Gasteiger partial charge in [0.25, 0.3) is 15.8 Å². The highest BCUT2D eigenvalue weighted by atomic mass is 32.2. The van der Waals surface area contributed by atoms with E-state index in [0.717, 1.165) is 23.1 Å². The molecule has 0 saturated carbocycles. The monoisotopic (exact) mass is 413 g/mol. The second kappa shape index (κ2) is 6.86. The number of ether oxygens (including phenoxy) is 1. The quantitative estimate of drug-likeness (QED) is 0.540.